The van der Waals surface area contributed by atoms with Gasteiger partial charge < -0.3 is 10.2 Å². The molecule has 1 saturated heterocycles. The number of nitrogens with zero attached hydrogens (tertiary/aromatic N) is 1. The van der Waals surface area contributed by atoms with Gasteiger partial charge in [0, 0.05) is 30.8 Å². The summed E-state index contributed by atoms with van der Waals surface area (Å²) in [5.41, 5.74) is 0.698. The van der Waals surface area contributed by atoms with Gasteiger partial charge in [-0.3, -0.25) is 9.69 Å². The highest BCUT2D eigenvalue weighted by molar-refractivity contribution is 5.85. The van der Waals surface area contributed by atoms with E-state index >= 15 is 0 Å². The third kappa shape index (κ3) is 2.17. The van der Waals surface area contributed by atoms with Gasteiger partial charge in [-0.2, -0.15) is 0 Å². The molecule has 0 unspecified atom stereocenters. The summed E-state index contributed by atoms with van der Waals surface area (Å²) in [5, 5.41) is 21.7. The van der Waals surface area contributed by atoms with Crippen molar-refractivity contribution in [1.82, 2.24) is 4.90 Å². The Kier molecular flexibility index (Phi) is 4.27. The molecule has 1 aliphatic heterocycles. The van der Waals surface area contributed by atoms with Crippen LogP contribution in [0.25, 0.3) is 0 Å². The molecule has 0 radical (unpaired) electrons. The highest BCUT2D eigenvalue weighted by atomic mass is 35.5. The van der Waals surface area contributed by atoms with E-state index in [1.54, 1.807) is 12.1 Å². The van der Waals surface area contributed by atoms with Gasteiger partial charge in [0.2, 0.25) is 0 Å². The van der Waals surface area contributed by atoms with Gasteiger partial charge in [0.1, 0.15) is 11.5 Å². The Hall–Kier alpha value is -1.36. The highest BCUT2D eigenvalue weighted by Crippen LogP contribution is 2.57. The largest absolute Gasteiger partial charge is 0.508 e. The van der Waals surface area contributed by atoms with Gasteiger partial charge in [-0.05, 0) is 49.1 Å². The van der Waals surface area contributed by atoms with Crippen molar-refractivity contribution in [3.8, 4) is 5.75 Å². The fourth-order valence-electron chi connectivity index (χ4n) is 5.27. The molecule has 5 heteroatoms. The first-order valence-corrected chi connectivity index (χ1v) is 8.41. The second-order valence-electron chi connectivity index (χ2n) is 7.32. The number of piperidine rings is 1. The predicted molar refractivity (Wildman–Crippen MR) is 94.7 cm³/mol. The average molecular weight is 350 g/mol. The lowest BCUT2D eigenvalue weighted by molar-refractivity contribution is -0.170. The Balaban J connectivity index is 0.00000169. The monoisotopic (exact) mass is 349 g/mol. The Morgan fingerprint density at radius 2 is 2.17 bits per heavy atom. The molecule has 1 aromatic carbocycles. The molecule has 0 amide bonds. The van der Waals surface area contributed by atoms with Crippen molar-refractivity contribution >= 4 is 18.2 Å². The number of likely N-dealkylation sites (tertiary alicyclic amines) is 1. The van der Waals surface area contributed by atoms with Gasteiger partial charge in [0.15, 0.2) is 0 Å². The molecule has 4 nitrogen and oxygen atoms in total. The Morgan fingerprint density at radius 1 is 1.38 bits per heavy atom. The van der Waals surface area contributed by atoms with E-state index in [2.05, 4.69) is 11.5 Å². The van der Waals surface area contributed by atoms with Crippen molar-refractivity contribution < 1.29 is 15.0 Å². The number of aliphatic hydroxyl groups is 1. The maximum atomic E-state index is 12.3. The molecular weight excluding hydrogens is 326 g/mol. The number of Topliss-reactive ketones (excluding diaryl/α,β-unsaturated/α-hetero) is 1. The Labute approximate surface area is 148 Å². The number of phenols is 1. The number of hydrogen-bond acceptors (Lipinski definition) is 4. The standard InChI is InChI=1S/C19H23NO3.ClH/c1-2-8-20-9-7-18-12-15(22)5-6-19(18,23)17(20)10-13-3-4-14(21)11-16(13)18;/h2-4,11,17,21,23H,1,5-10,12H2;1H/t17-,18-,19+;/m0./s1. The first-order valence-electron chi connectivity index (χ1n) is 8.41. The minimum Gasteiger partial charge on any atom is -0.508 e. The lowest BCUT2D eigenvalue weighted by Crippen LogP contribution is -2.73. The topological polar surface area (TPSA) is 60.8 Å². The number of fused-ring (bicyclic) bond motifs is 1. The van der Waals surface area contributed by atoms with Gasteiger partial charge in [-0.1, -0.05) is 12.1 Å². The van der Waals surface area contributed by atoms with Crippen LogP contribution in [0.2, 0.25) is 0 Å². The summed E-state index contributed by atoms with van der Waals surface area (Å²) in [6.45, 7) is 5.45. The van der Waals surface area contributed by atoms with Crippen LogP contribution in [0, 0.1) is 0 Å². The molecule has 1 heterocycles. The van der Waals surface area contributed by atoms with Crippen molar-refractivity contribution in [3.63, 3.8) is 0 Å². The smallest absolute Gasteiger partial charge is 0.134 e. The maximum Gasteiger partial charge on any atom is 0.134 e. The number of carbonyl (C=O) groups excluding carboxylic acids is 1. The van der Waals surface area contributed by atoms with Crippen molar-refractivity contribution in [2.75, 3.05) is 13.1 Å². The van der Waals surface area contributed by atoms with E-state index in [0.29, 0.717) is 19.3 Å². The van der Waals surface area contributed by atoms with E-state index in [-0.39, 0.29) is 30.0 Å². The SMILES string of the molecule is C=CCN1CC[C@@]23CC(=O)CC[C@@]2(O)[C@@H]1Cc1ccc(O)cc13.Cl. The summed E-state index contributed by atoms with van der Waals surface area (Å²) in [7, 11) is 0. The summed E-state index contributed by atoms with van der Waals surface area (Å²) in [4.78, 5) is 14.6. The van der Waals surface area contributed by atoms with E-state index in [0.717, 1.165) is 37.1 Å². The van der Waals surface area contributed by atoms with Gasteiger partial charge in [-0.15, -0.1) is 19.0 Å². The summed E-state index contributed by atoms with van der Waals surface area (Å²) in [5.74, 6) is 0.437. The number of rotatable bonds is 2. The second-order valence-corrected chi connectivity index (χ2v) is 7.32. The van der Waals surface area contributed by atoms with Crippen LogP contribution in [-0.2, 0) is 16.6 Å². The first kappa shape index (κ1) is 17.5. The second kappa shape index (κ2) is 5.87. The number of carbonyl (C=O) groups is 1. The van der Waals surface area contributed by atoms with E-state index < -0.39 is 11.0 Å². The van der Waals surface area contributed by atoms with Gasteiger partial charge in [0.25, 0.3) is 0 Å². The van der Waals surface area contributed by atoms with Crippen LogP contribution in [0.4, 0.5) is 0 Å². The minimum absolute atomic E-state index is 0. The Bertz CT molecular complexity index is 691. The number of benzene rings is 1. The zero-order chi connectivity index (χ0) is 16.2. The quantitative estimate of drug-likeness (QED) is 0.805. The van der Waals surface area contributed by atoms with Crippen molar-refractivity contribution in [3.05, 3.63) is 42.0 Å². The minimum atomic E-state index is -0.900. The van der Waals surface area contributed by atoms with Crippen LogP contribution in [-0.4, -0.2) is 45.6 Å². The molecule has 3 aliphatic rings. The fourth-order valence-corrected chi connectivity index (χ4v) is 5.27. The number of hydrogen-bond donors (Lipinski definition) is 2. The number of phenolic OH excluding ortho intramolecular Hbond substituents is 1. The van der Waals surface area contributed by atoms with E-state index in [1.807, 2.05) is 12.1 Å². The molecule has 1 aromatic rings. The molecule has 2 N–H and O–H groups in total. The molecule has 2 bridgehead atoms. The summed E-state index contributed by atoms with van der Waals surface area (Å²) in [6.07, 6.45) is 4.74. The average Bonchev–Trinajstić information content (AvgIpc) is 2.52. The molecule has 4 rings (SSSR count). The van der Waals surface area contributed by atoms with Gasteiger partial charge in [0.05, 0.1) is 5.60 Å². The Morgan fingerprint density at radius 3 is 2.92 bits per heavy atom. The van der Waals surface area contributed by atoms with Crippen molar-refractivity contribution in [2.45, 2.75) is 49.2 Å². The fraction of sp³-hybridized carbons (Fsp3) is 0.526. The molecular formula is C19H24ClNO3. The van der Waals surface area contributed by atoms with Gasteiger partial charge >= 0.3 is 0 Å². The zero-order valence-corrected chi connectivity index (χ0v) is 14.5. The first-order chi connectivity index (χ1) is 11.0. The van der Waals surface area contributed by atoms with Crippen LogP contribution in [0.5, 0.6) is 5.75 Å². The zero-order valence-electron chi connectivity index (χ0n) is 13.7. The summed E-state index contributed by atoms with van der Waals surface area (Å²) in [6, 6.07) is 5.45. The van der Waals surface area contributed by atoms with E-state index in [4.69, 9.17) is 0 Å². The molecule has 0 spiro atoms. The van der Waals surface area contributed by atoms with Crippen LogP contribution in [0.3, 0.4) is 0 Å². The van der Waals surface area contributed by atoms with Crippen LogP contribution in [0.1, 0.15) is 36.8 Å². The number of halogens is 1. The van der Waals surface area contributed by atoms with E-state index in [9.17, 15) is 15.0 Å². The molecule has 0 aromatic heterocycles. The van der Waals surface area contributed by atoms with Crippen molar-refractivity contribution in [1.29, 1.82) is 0 Å². The number of ketones is 1. The predicted octanol–water partition coefficient (Wildman–Crippen LogP) is 2.35. The van der Waals surface area contributed by atoms with Gasteiger partial charge in [-0.25, -0.2) is 0 Å². The highest BCUT2D eigenvalue weighted by Gasteiger charge is 2.64. The molecule has 2 aliphatic carbocycles. The molecule has 24 heavy (non-hydrogen) atoms. The van der Waals surface area contributed by atoms with E-state index in [1.165, 1.54) is 0 Å². The lowest BCUT2D eigenvalue weighted by atomic mass is 9.49. The van der Waals surface area contributed by atoms with Crippen LogP contribution >= 0.6 is 12.4 Å². The normalized spacial score (nSPS) is 34.7. The molecule has 130 valence electrons. The van der Waals surface area contributed by atoms with Crippen LogP contribution in [0.15, 0.2) is 30.9 Å². The lowest BCUT2D eigenvalue weighted by Gasteiger charge is -2.63. The van der Waals surface area contributed by atoms with Crippen LogP contribution < -0.4 is 0 Å². The maximum absolute atomic E-state index is 12.3. The third-order valence-electron chi connectivity index (χ3n) is 6.32. The molecule has 2 fully saturated rings. The third-order valence-corrected chi connectivity index (χ3v) is 6.32. The molecule has 3 atom stereocenters. The van der Waals surface area contributed by atoms with Crippen molar-refractivity contribution in [2.24, 2.45) is 0 Å². The summed E-state index contributed by atoms with van der Waals surface area (Å²) < 4.78 is 0. The molecule has 1 saturated carbocycles. The summed E-state index contributed by atoms with van der Waals surface area (Å²) >= 11 is 0. The number of aromatic hydroxyl groups is 1.